The quantitative estimate of drug-likeness (QED) is 0.838. The van der Waals surface area contributed by atoms with E-state index in [2.05, 4.69) is 0 Å². The first-order valence-corrected chi connectivity index (χ1v) is 5.27. The molecule has 0 aliphatic carbocycles. The fraction of sp³-hybridized carbons (Fsp3) is 0.0769. The van der Waals surface area contributed by atoms with E-state index in [9.17, 15) is 5.11 Å². The molecule has 16 heavy (non-hydrogen) atoms. The zero-order valence-electron chi connectivity index (χ0n) is 8.52. The van der Waals surface area contributed by atoms with Crippen molar-refractivity contribution in [2.45, 2.75) is 6.61 Å². The molecule has 2 rings (SSSR count). The summed E-state index contributed by atoms with van der Waals surface area (Å²) in [5.41, 5.74) is 2.69. The highest BCUT2D eigenvalue weighted by molar-refractivity contribution is 6.33. The summed E-state index contributed by atoms with van der Waals surface area (Å²) in [6, 6.07) is 12.4. The zero-order chi connectivity index (χ0) is 11.5. The predicted molar refractivity (Wildman–Crippen MR) is 64.5 cm³/mol. The maximum Gasteiger partial charge on any atom is 0.117 e. The number of rotatable bonds is 2. The highest BCUT2D eigenvalue weighted by Crippen LogP contribution is 2.30. The molecule has 2 nitrogen and oxygen atoms in total. The fourth-order valence-corrected chi connectivity index (χ4v) is 1.81. The third-order valence-corrected chi connectivity index (χ3v) is 2.71. The summed E-state index contributed by atoms with van der Waals surface area (Å²) in [7, 11) is 0. The Labute approximate surface area is 98.7 Å². The molecule has 0 aromatic heterocycles. The van der Waals surface area contributed by atoms with Crippen LogP contribution in [0.25, 0.3) is 11.1 Å². The second-order valence-corrected chi connectivity index (χ2v) is 3.93. The van der Waals surface area contributed by atoms with Crippen LogP contribution in [0.3, 0.4) is 0 Å². The summed E-state index contributed by atoms with van der Waals surface area (Å²) in [5, 5.41) is 18.7. The number of hydrogen-bond donors (Lipinski definition) is 2. The van der Waals surface area contributed by atoms with E-state index in [4.69, 9.17) is 16.7 Å². The number of halogens is 1. The highest BCUT2D eigenvalue weighted by Gasteiger charge is 2.04. The van der Waals surface area contributed by atoms with Crippen LogP contribution < -0.4 is 0 Å². The highest BCUT2D eigenvalue weighted by atomic mass is 35.5. The van der Waals surface area contributed by atoms with Crippen LogP contribution in [0.1, 0.15) is 5.56 Å². The molecule has 0 heterocycles. The molecule has 3 heteroatoms. The Morgan fingerprint density at radius 3 is 2.25 bits per heavy atom. The van der Waals surface area contributed by atoms with E-state index in [1.165, 1.54) is 6.07 Å². The van der Waals surface area contributed by atoms with Crippen molar-refractivity contribution in [3.05, 3.63) is 53.1 Å². The second kappa shape index (κ2) is 4.56. The number of hydrogen-bond acceptors (Lipinski definition) is 2. The number of phenols is 1. The molecule has 0 radical (unpaired) electrons. The molecule has 0 amide bonds. The molecule has 0 fully saturated rings. The number of aromatic hydroxyl groups is 1. The van der Waals surface area contributed by atoms with Gasteiger partial charge in [-0.15, -0.1) is 0 Å². The number of aliphatic hydroxyl groups is 1. The molecule has 0 saturated carbocycles. The Balaban J connectivity index is 2.42. The van der Waals surface area contributed by atoms with Crippen LogP contribution in [0.15, 0.2) is 42.5 Å². The van der Waals surface area contributed by atoms with E-state index in [1.807, 2.05) is 24.3 Å². The molecule has 0 unspecified atom stereocenters. The average molecular weight is 235 g/mol. The van der Waals surface area contributed by atoms with Crippen LogP contribution in [0.4, 0.5) is 0 Å². The van der Waals surface area contributed by atoms with Gasteiger partial charge in [0.2, 0.25) is 0 Å². The van der Waals surface area contributed by atoms with Crippen molar-refractivity contribution < 1.29 is 10.2 Å². The Morgan fingerprint density at radius 1 is 1.00 bits per heavy atom. The molecule has 0 spiro atoms. The van der Waals surface area contributed by atoms with Gasteiger partial charge in [-0.3, -0.25) is 0 Å². The fourth-order valence-electron chi connectivity index (χ4n) is 1.53. The third-order valence-electron chi connectivity index (χ3n) is 2.40. The van der Waals surface area contributed by atoms with Crippen molar-refractivity contribution in [1.29, 1.82) is 0 Å². The Hall–Kier alpha value is -1.51. The van der Waals surface area contributed by atoms with E-state index in [-0.39, 0.29) is 12.4 Å². The van der Waals surface area contributed by atoms with Gasteiger partial charge in [-0.2, -0.15) is 0 Å². The lowest BCUT2D eigenvalue weighted by molar-refractivity contribution is 0.282. The van der Waals surface area contributed by atoms with Crippen molar-refractivity contribution >= 4 is 11.6 Å². The molecular weight excluding hydrogens is 224 g/mol. The first-order valence-electron chi connectivity index (χ1n) is 4.89. The van der Waals surface area contributed by atoms with Gasteiger partial charge in [-0.05, 0) is 29.3 Å². The summed E-state index contributed by atoms with van der Waals surface area (Å²) < 4.78 is 0. The predicted octanol–water partition coefficient (Wildman–Crippen LogP) is 3.20. The lowest BCUT2D eigenvalue weighted by atomic mass is 10.0. The van der Waals surface area contributed by atoms with Gasteiger partial charge in [0.25, 0.3) is 0 Å². The Morgan fingerprint density at radius 2 is 1.69 bits per heavy atom. The summed E-state index contributed by atoms with van der Waals surface area (Å²) in [6.45, 7) is 0.0313. The van der Waals surface area contributed by atoms with Crippen molar-refractivity contribution in [3.63, 3.8) is 0 Å². The summed E-state index contributed by atoms with van der Waals surface area (Å²) in [6.07, 6.45) is 0. The first-order chi connectivity index (χ1) is 7.70. The van der Waals surface area contributed by atoms with E-state index in [0.717, 1.165) is 16.7 Å². The number of phenolic OH excluding ortho intramolecular Hbond substituents is 1. The van der Waals surface area contributed by atoms with Crippen LogP contribution in [-0.4, -0.2) is 10.2 Å². The van der Waals surface area contributed by atoms with Crippen LogP contribution in [0.2, 0.25) is 5.02 Å². The van der Waals surface area contributed by atoms with Gasteiger partial charge in [-0.25, -0.2) is 0 Å². The van der Waals surface area contributed by atoms with Crippen molar-refractivity contribution in [1.82, 2.24) is 0 Å². The van der Waals surface area contributed by atoms with E-state index < -0.39 is 0 Å². The lowest BCUT2D eigenvalue weighted by Gasteiger charge is -2.05. The van der Waals surface area contributed by atoms with Gasteiger partial charge in [0.05, 0.1) is 11.6 Å². The van der Waals surface area contributed by atoms with Gasteiger partial charge in [0.1, 0.15) is 5.75 Å². The van der Waals surface area contributed by atoms with Gasteiger partial charge in [0, 0.05) is 5.56 Å². The van der Waals surface area contributed by atoms with Gasteiger partial charge in [-0.1, -0.05) is 35.9 Å². The van der Waals surface area contributed by atoms with E-state index >= 15 is 0 Å². The molecule has 0 saturated heterocycles. The van der Waals surface area contributed by atoms with Crippen molar-refractivity contribution in [3.8, 4) is 16.9 Å². The average Bonchev–Trinajstić information content (AvgIpc) is 2.29. The number of aliphatic hydroxyl groups excluding tert-OH is 1. The molecule has 0 aliphatic rings. The molecule has 0 aliphatic heterocycles. The minimum absolute atomic E-state index is 0.0313. The molecule has 0 bridgehead atoms. The van der Waals surface area contributed by atoms with Crippen LogP contribution in [-0.2, 0) is 6.61 Å². The van der Waals surface area contributed by atoms with Crippen LogP contribution in [0, 0.1) is 0 Å². The standard InChI is InChI=1S/C13H11ClO2/c14-13-7-11(16)5-6-12(13)10-3-1-9(8-15)2-4-10/h1-7,15-16H,8H2. The topological polar surface area (TPSA) is 40.5 Å². The van der Waals surface area contributed by atoms with E-state index in [1.54, 1.807) is 12.1 Å². The Kier molecular flexibility index (Phi) is 3.13. The van der Waals surface area contributed by atoms with Crippen LogP contribution >= 0.6 is 11.6 Å². The largest absolute Gasteiger partial charge is 0.508 e. The molecule has 2 aromatic carbocycles. The van der Waals surface area contributed by atoms with Crippen LogP contribution in [0.5, 0.6) is 5.75 Å². The van der Waals surface area contributed by atoms with Gasteiger partial charge >= 0.3 is 0 Å². The van der Waals surface area contributed by atoms with Crippen molar-refractivity contribution in [2.24, 2.45) is 0 Å². The first kappa shape index (κ1) is 11.0. The summed E-state index contributed by atoms with van der Waals surface area (Å²) in [4.78, 5) is 0. The monoisotopic (exact) mass is 234 g/mol. The molecule has 2 N–H and O–H groups in total. The molecular formula is C13H11ClO2. The van der Waals surface area contributed by atoms with Gasteiger partial charge < -0.3 is 10.2 Å². The lowest BCUT2D eigenvalue weighted by Crippen LogP contribution is -1.84. The smallest absolute Gasteiger partial charge is 0.117 e. The van der Waals surface area contributed by atoms with E-state index in [0.29, 0.717) is 5.02 Å². The maximum absolute atomic E-state index is 9.25. The summed E-state index contributed by atoms with van der Waals surface area (Å²) in [5.74, 6) is 0.153. The molecule has 0 atom stereocenters. The second-order valence-electron chi connectivity index (χ2n) is 3.52. The zero-order valence-corrected chi connectivity index (χ0v) is 9.28. The maximum atomic E-state index is 9.25. The third kappa shape index (κ3) is 2.18. The minimum Gasteiger partial charge on any atom is -0.508 e. The number of benzene rings is 2. The van der Waals surface area contributed by atoms with Crippen molar-refractivity contribution in [2.75, 3.05) is 0 Å². The summed E-state index contributed by atoms with van der Waals surface area (Å²) >= 11 is 6.03. The minimum atomic E-state index is 0.0313. The van der Waals surface area contributed by atoms with Gasteiger partial charge in [0.15, 0.2) is 0 Å². The SMILES string of the molecule is OCc1ccc(-c2ccc(O)cc2Cl)cc1. The molecule has 82 valence electrons. The Bertz CT molecular complexity index is 492. The normalized spacial score (nSPS) is 10.4. The molecule has 2 aromatic rings.